The standard InChI is InChI=1S/C7H15N3O/c1-9-2-3-10(6-9)5-7(11)4-8/h2-3,7,11H,4-6,8H2,1H3. The summed E-state index contributed by atoms with van der Waals surface area (Å²) < 4.78 is 0. The van der Waals surface area contributed by atoms with Crippen LogP contribution in [-0.2, 0) is 0 Å². The number of aliphatic hydroxyl groups is 1. The van der Waals surface area contributed by atoms with Gasteiger partial charge in [-0.2, -0.15) is 0 Å². The first-order chi connectivity index (χ1) is 5.22. The van der Waals surface area contributed by atoms with Gasteiger partial charge in [0.25, 0.3) is 0 Å². The molecule has 0 spiro atoms. The zero-order valence-electron chi connectivity index (χ0n) is 6.77. The highest BCUT2D eigenvalue weighted by Gasteiger charge is 2.11. The molecular formula is C7H15N3O. The van der Waals surface area contributed by atoms with Crippen LogP contribution in [0.15, 0.2) is 12.4 Å². The summed E-state index contributed by atoms with van der Waals surface area (Å²) in [6, 6.07) is 0. The SMILES string of the molecule is CN1C=CN(CC(O)CN)C1. The summed E-state index contributed by atoms with van der Waals surface area (Å²) in [4.78, 5) is 4.07. The van der Waals surface area contributed by atoms with Crippen molar-refractivity contribution in [2.75, 3.05) is 26.8 Å². The minimum atomic E-state index is -0.411. The summed E-state index contributed by atoms with van der Waals surface area (Å²) >= 11 is 0. The number of nitrogens with zero attached hydrogens (tertiary/aromatic N) is 2. The highest BCUT2D eigenvalue weighted by Crippen LogP contribution is 2.03. The van der Waals surface area contributed by atoms with Crippen molar-refractivity contribution in [3.63, 3.8) is 0 Å². The first-order valence-electron chi connectivity index (χ1n) is 3.73. The molecule has 0 saturated heterocycles. The molecule has 1 heterocycles. The largest absolute Gasteiger partial charge is 0.390 e. The molecule has 1 rings (SSSR count). The molecule has 0 radical (unpaired) electrons. The van der Waals surface area contributed by atoms with Crippen molar-refractivity contribution in [3.05, 3.63) is 12.4 Å². The second kappa shape index (κ2) is 3.59. The molecule has 0 aromatic rings. The molecule has 1 aliphatic rings. The average Bonchev–Trinajstić information content (AvgIpc) is 2.35. The zero-order valence-corrected chi connectivity index (χ0v) is 6.77. The van der Waals surface area contributed by atoms with Crippen molar-refractivity contribution >= 4 is 0 Å². The number of nitrogens with two attached hydrogens (primary N) is 1. The number of rotatable bonds is 3. The maximum absolute atomic E-state index is 9.19. The van der Waals surface area contributed by atoms with Crippen LogP contribution in [0.3, 0.4) is 0 Å². The summed E-state index contributed by atoms with van der Waals surface area (Å²) in [5, 5.41) is 9.19. The Morgan fingerprint density at radius 2 is 2.36 bits per heavy atom. The molecule has 0 aromatic carbocycles. The Bertz CT molecular complexity index is 149. The topological polar surface area (TPSA) is 52.7 Å². The molecule has 11 heavy (non-hydrogen) atoms. The van der Waals surface area contributed by atoms with Crippen LogP contribution in [0.4, 0.5) is 0 Å². The predicted octanol–water partition coefficient (Wildman–Crippen LogP) is -1.02. The molecule has 64 valence electrons. The highest BCUT2D eigenvalue weighted by atomic mass is 16.3. The minimum absolute atomic E-state index is 0.327. The first-order valence-corrected chi connectivity index (χ1v) is 3.73. The van der Waals surface area contributed by atoms with Crippen LogP contribution in [0.2, 0.25) is 0 Å². The van der Waals surface area contributed by atoms with Crippen molar-refractivity contribution in [2.45, 2.75) is 6.10 Å². The molecule has 0 fully saturated rings. The Morgan fingerprint density at radius 3 is 2.82 bits per heavy atom. The molecule has 0 saturated carbocycles. The average molecular weight is 157 g/mol. The Kier molecular flexibility index (Phi) is 2.73. The Labute approximate surface area is 66.9 Å². The van der Waals surface area contributed by atoms with Gasteiger partial charge < -0.3 is 20.6 Å². The van der Waals surface area contributed by atoms with E-state index in [-0.39, 0.29) is 0 Å². The lowest BCUT2D eigenvalue weighted by Crippen LogP contribution is -2.34. The van der Waals surface area contributed by atoms with Gasteiger partial charge in [0.2, 0.25) is 0 Å². The Hall–Kier alpha value is -0.740. The third-order valence-corrected chi connectivity index (χ3v) is 1.65. The molecule has 1 aliphatic heterocycles. The van der Waals surface area contributed by atoms with Crippen molar-refractivity contribution in [3.8, 4) is 0 Å². The lowest BCUT2D eigenvalue weighted by Gasteiger charge is -2.20. The molecule has 1 unspecified atom stereocenters. The molecule has 4 nitrogen and oxygen atoms in total. The second-order valence-corrected chi connectivity index (χ2v) is 2.86. The van der Waals surface area contributed by atoms with E-state index in [4.69, 9.17) is 5.73 Å². The van der Waals surface area contributed by atoms with Crippen LogP contribution in [0.1, 0.15) is 0 Å². The maximum atomic E-state index is 9.19. The highest BCUT2D eigenvalue weighted by molar-refractivity contribution is 4.89. The summed E-state index contributed by atoms with van der Waals surface area (Å²) in [5.74, 6) is 0. The van der Waals surface area contributed by atoms with E-state index in [2.05, 4.69) is 0 Å². The van der Waals surface area contributed by atoms with E-state index in [9.17, 15) is 5.11 Å². The van der Waals surface area contributed by atoms with Crippen LogP contribution in [0.25, 0.3) is 0 Å². The zero-order chi connectivity index (χ0) is 8.27. The molecule has 0 aliphatic carbocycles. The van der Waals surface area contributed by atoms with E-state index < -0.39 is 6.10 Å². The fourth-order valence-corrected chi connectivity index (χ4v) is 1.05. The van der Waals surface area contributed by atoms with E-state index >= 15 is 0 Å². The Morgan fingerprint density at radius 1 is 1.64 bits per heavy atom. The summed E-state index contributed by atoms with van der Waals surface area (Å²) in [6.45, 7) is 1.79. The van der Waals surface area contributed by atoms with Gasteiger partial charge in [-0.25, -0.2) is 0 Å². The monoisotopic (exact) mass is 157 g/mol. The lowest BCUT2D eigenvalue weighted by atomic mass is 10.3. The third kappa shape index (κ3) is 2.40. The van der Waals surface area contributed by atoms with E-state index in [0.29, 0.717) is 13.1 Å². The van der Waals surface area contributed by atoms with Crippen molar-refractivity contribution in [2.24, 2.45) is 5.73 Å². The molecule has 0 bridgehead atoms. The van der Waals surface area contributed by atoms with E-state index in [1.54, 1.807) is 0 Å². The lowest BCUT2D eigenvalue weighted by molar-refractivity contribution is 0.133. The molecule has 0 amide bonds. The van der Waals surface area contributed by atoms with E-state index in [1.807, 2.05) is 29.2 Å². The maximum Gasteiger partial charge on any atom is 0.0891 e. The van der Waals surface area contributed by atoms with Gasteiger partial charge in [0.1, 0.15) is 0 Å². The molecular weight excluding hydrogens is 142 g/mol. The summed E-state index contributed by atoms with van der Waals surface area (Å²) in [5.41, 5.74) is 5.27. The predicted molar refractivity (Wildman–Crippen MR) is 43.5 cm³/mol. The minimum Gasteiger partial charge on any atom is -0.390 e. The van der Waals surface area contributed by atoms with Gasteiger partial charge in [0.05, 0.1) is 12.8 Å². The summed E-state index contributed by atoms with van der Waals surface area (Å²) in [7, 11) is 1.99. The van der Waals surface area contributed by atoms with Crippen molar-refractivity contribution < 1.29 is 5.11 Å². The molecule has 3 N–H and O–H groups in total. The van der Waals surface area contributed by atoms with Gasteiger partial charge in [-0.1, -0.05) is 0 Å². The van der Waals surface area contributed by atoms with Gasteiger partial charge >= 0.3 is 0 Å². The van der Waals surface area contributed by atoms with Crippen LogP contribution in [0.5, 0.6) is 0 Å². The van der Waals surface area contributed by atoms with Gasteiger partial charge in [-0.05, 0) is 0 Å². The van der Waals surface area contributed by atoms with Crippen LogP contribution < -0.4 is 5.73 Å². The number of hydrogen-bond acceptors (Lipinski definition) is 4. The number of aliphatic hydroxyl groups excluding tert-OH is 1. The summed E-state index contributed by atoms with van der Waals surface area (Å²) in [6.07, 6.45) is 3.52. The van der Waals surface area contributed by atoms with Crippen molar-refractivity contribution in [1.29, 1.82) is 0 Å². The van der Waals surface area contributed by atoms with Gasteiger partial charge in [0, 0.05) is 32.5 Å². The fourth-order valence-electron chi connectivity index (χ4n) is 1.05. The van der Waals surface area contributed by atoms with Crippen LogP contribution in [-0.4, -0.2) is 47.8 Å². The van der Waals surface area contributed by atoms with Gasteiger partial charge in [-0.15, -0.1) is 0 Å². The number of β-amino-alcohol motifs (C(OH)–C–C–N with tert-alkyl or cyclic N) is 1. The normalized spacial score (nSPS) is 19.5. The first kappa shape index (κ1) is 8.36. The van der Waals surface area contributed by atoms with Crippen LogP contribution in [0, 0.1) is 0 Å². The Balaban J connectivity index is 2.24. The second-order valence-electron chi connectivity index (χ2n) is 2.86. The third-order valence-electron chi connectivity index (χ3n) is 1.65. The van der Waals surface area contributed by atoms with Gasteiger partial charge in [-0.3, -0.25) is 0 Å². The van der Waals surface area contributed by atoms with Gasteiger partial charge in [0.15, 0.2) is 0 Å². The smallest absolute Gasteiger partial charge is 0.0891 e. The number of hydrogen-bond donors (Lipinski definition) is 2. The quantitative estimate of drug-likeness (QED) is 0.551. The molecule has 0 aromatic heterocycles. The van der Waals surface area contributed by atoms with Crippen molar-refractivity contribution in [1.82, 2.24) is 9.80 Å². The van der Waals surface area contributed by atoms with Crippen LogP contribution >= 0.6 is 0 Å². The molecule has 4 heteroatoms. The van der Waals surface area contributed by atoms with E-state index in [1.165, 1.54) is 0 Å². The fraction of sp³-hybridized carbons (Fsp3) is 0.714. The molecule has 1 atom stereocenters. The van der Waals surface area contributed by atoms with E-state index in [0.717, 1.165) is 6.67 Å².